The Hall–Kier alpha value is 0.0300. The molecule has 1 fully saturated rings. The van der Waals surface area contributed by atoms with Gasteiger partial charge in [-0.2, -0.15) is 0 Å². The molecule has 0 radical (unpaired) electrons. The van der Waals surface area contributed by atoms with Crippen molar-refractivity contribution in [1.29, 1.82) is 0 Å². The molecule has 3 unspecified atom stereocenters. The molecule has 1 aliphatic carbocycles. The van der Waals surface area contributed by atoms with Crippen LogP contribution in [0.3, 0.4) is 0 Å². The van der Waals surface area contributed by atoms with Crippen LogP contribution in [0.4, 0.5) is 0 Å². The Balaban J connectivity index is 1.98. The molecule has 0 saturated heterocycles. The summed E-state index contributed by atoms with van der Waals surface area (Å²) in [5.41, 5.74) is 0. The van der Waals surface area contributed by atoms with Gasteiger partial charge in [0, 0.05) is 28.9 Å². The molecule has 5 heteroatoms. The van der Waals surface area contributed by atoms with Gasteiger partial charge in [-0.15, -0.1) is 0 Å². The zero-order chi connectivity index (χ0) is 14.1. The first-order valence-corrected chi connectivity index (χ1v) is 9.04. The molecule has 1 rings (SSSR count). The van der Waals surface area contributed by atoms with Gasteiger partial charge < -0.3 is 15.2 Å². The summed E-state index contributed by atoms with van der Waals surface area (Å²) in [6.07, 6.45) is 8.63. The molecule has 4 nitrogen and oxygen atoms in total. The first-order chi connectivity index (χ1) is 9.09. The summed E-state index contributed by atoms with van der Waals surface area (Å²) in [6.45, 7) is 3.75. The van der Waals surface area contributed by atoms with Gasteiger partial charge in [-0.1, -0.05) is 26.2 Å². The Kier molecular flexibility index (Phi) is 8.86. The summed E-state index contributed by atoms with van der Waals surface area (Å²) in [6, 6.07) is 0. The van der Waals surface area contributed by atoms with Crippen LogP contribution in [0.2, 0.25) is 0 Å². The molecule has 3 atom stereocenters. The van der Waals surface area contributed by atoms with Crippen LogP contribution in [0.1, 0.15) is 45.4 Å². The van der Waals surface area contributed by atoms with E-state index in [0.717, 1.165) is 25.8 Å². The van der Waals surface area contributed by atoms with Crippen LogP contribution in [0.25, 0.3) is 0 Å². The van der Waals surface area contributed by atoms with E-state index in [4.69, 9.17) is 4.74 Å². The lowest BCUT2D eigenvalue weighted by Crippen LogP contribution is -2.33. The number of hydrogen-bond acceptors (Lipinski definition) is 4. The Morgan fingerprint density at radius 3 is 2.68 bits per heavy atom. The van der Waals surface area contributed by atoms with Crippen molar-refractivity contribution in [3.05, 3.63) is 0 Å². The number of rotatable bonds is 9. The summed E-state index contributed by atoms with van der Waals surface area (Å²) >= 11 is 0. The zero-order valence-electron chi connectivity index (χ0n) is 12.3. The van der Waals surface area contributed by atoms with E-state index < -0.39 is 16.9 Å². The van der Waals surface area contributed by atoms with Crippen molar-refractivity contribution in [2.24, 2.45) is 0 Å². The maximum atomic E-state index is 11.2. The summed E-state index contributed by atoms with van der Waals surface area (Å²) in [4.78, 5) is 0. The third kappa shape index (κ3) is 8.02. The van der Waals surface area contributed by atoms with E-state index in [9.17, 15) is 9.32 Å². The van der Waals surface area contributed by atoms with Gasteiger partial charge in [-0.05, 0) is 25.8 Å². The Morgan fingerprint density at radius 1 is 1.37 bits per heavy atom. The van der Waals surface area contributed by atoms with Crippen molar-refractivity contribution in [2.75, 3.05) is 26.0 Å². The molecule has 19 heavy (non-hydrogen) atoms. The lowest BCUT2D eigenvalue weighted by molar-refractivity contribution is -0.0229. The van der Waals surface area contributed by atoms with E-state index in [0.29, 0.717) is 19.3 Å². The number of aliphatic hydroxyl groups excluding tert-OH is 1. The van der Waals surface area contributed by atoms with Crippen molar-refractivity contribution >= 4 is 10.8 Å². The first kappa shape index (κ1) is 17.1. The van der Waals surface area contributed by atoms with Crippen molar-refractivity contribution in [3.8, 4) is 0 Å². The molecule has 0 amide bonds. The van der Waals surface area contributed by atoms with Gasteiger partial charge in [0.15, 0.2) is 0 Å². The third-order valence-corrected chi connectivity index (χ3v) is 5.12. The molecule has 1 aliphatic rings. The highest BCUT2D eigenvalue weighted by Crippen LogP contribution is 2.20. The molecule has 2 N–H and O–H groups in total. The molecular formula is C14H29NO3S. The van der Waals surface area contributed by atoms with Crippen LogP contribution < -0.4 is 5.32 Å². The fourth-order valence-electron chi connectivity index (χ4n) is 2.28. The lowest BCUT2D eigenvalue weighted by atomic mass is 9.98. The topological polar surface area (TPSA) is 58.6 Å². The van der Waals surface area contributed by atoms with Crippen LogP contribution in [-0.2, 0) is 15.5 Å². The smallest absolute Gasteiger partial charge is 0.0897 e. The van der Waals surface area contributed by atoms with Crippen molar-refractivity contribution in [2.45, 2.75) is 62.9 Å². The van der Waals surface area contributed by atoms with Crippen LogP contribution in [0.5, 0.6) is 0 Å². The van der Waals surface area contributed by atoms with Crippen molar-refractivity contribution in [1.82, 2.24) is 5.32 Å². The summed E-state index contributed by atoms with van der Waals surface area (Å²) in [7, 11) is -0.759. The summed E-state index contributed by atoms with van der Waals surface area (Å²) in [5.74, 6) is 0. The molecule has 0 heterocycles. The normalized spacial score (nSPS) is 22.1. The largest absolute Gasteiger partial charge is 0.389 e. The number of aliphatic hydroxyl groups is 1. The van der Waals surface area contributed by atoms with E-state index in [1.807, 2.05) is 6.92 Å². The van der Waals surface area contributed by atoms with Crippen LogP contribution in [0.15, 0.2) is 0 Å². The second-order valence-corrected chi connectivity index (χ2v) is 7.35. The maximum Gasteiger partial charge on any atom is 0.0897 e. The van der Waals surface area contributed by atoms with E-state index in [1.54, 1.807) is 6.26 Å². The Bertz CT molecular complexity index is 257. The second-order valence-electron chi connectivity index (χ2n) is 5.55. The highest BCUT2D eigenvalue weighted by Gasteiger charge is 2.15. The minimum Gasteiger partial charge on any atom is -0.389 e. The fourth-order valence-corrected chi connectivity index (χ4v) is 2.73. The van der Waals surface area contributed by atoms with Gasteiger partial charge in [0.05, 0.1) is 18.8 Å². The van der Waals surface area contributed by atoms with Gasteiger partial charge in [0.1, 0.15) is 0 Å². The van der Waals surface area contributed by atoms with Gasteiger partial charge in [0.25, 0.3) is 0 Å². The van der Waals surface area contributed by atoms with Crippen LogP contribution >= 0.6 is 0 Å². The number of hydrogen-bond donors (Lipinski definition) is 2. The average molecular weight is 291 g/mol. The molecule has 0 spiro atoms. The molecule has 1 saturated carbocycles. The summed E-state index contributed by atoms with van der Waals surface area (Å²) in [5, 5.41) is 13.2. The average Bonchev–Trinajstić information content (AvgIpc) is 2.42. The van der Waals surface area contributed by atoms with Crippen LogP contribution in [-0.4, -0.2) is 52.7 Å². The third-order valence-electron chi connectivity index (χ3n) is 3.75. The molecule has 0 aliphatic heterocycles. The Labute approximate surface area is 119 Å². The van der Waals surface area contributed by atoms with E-state index >= 15 is 0 Å². The first-order valence-electron chi connectivity index (χ1n) is 7.42. The standard InChI is InChI=1S/C14H29NO3S/c1-12(19(2)17)8-9-15-10-13(16)11-18-14-6-4-3-5-7-14/h12-16H,3-11H2,1-2H3. The molecule has 0 bridgehead atoms. The molecule has 0 aromatic carbocycles. The quantitative estimate of drug-likeness (QED) is 0.631. The van der Waals surface area contributed by atoms with E-state index in [1.165, 1.54) is 19.3 Å². The lowest BCUT2D eigenvalue weighted by Gasteiger charge is -2.23. The zero-order valence-corrected chi connectivity index (χ0v) is 13.1. The van der Waals surface area contributed by atoms with Gasteiger partial charge >= 0.3 is 0 Å². The SMILES string of the molecule is CC(CCNCC(O)COC1CCCCC1)S(C)=O. The van der Waals surface area contributed by atoms with E-state index in [-0.39, 0.29) is 5.25 Å². The minimum atomic E-state index is -0.759. The second kappa shape index (κ2) is 9.86. The van der Waals surface area contributed by atoms with E-state index in [2.05, 4.69) is 5.32 Å². The van der Waals surface area contributed by atoms with Crippen molar-refractivity contribution < 1.29 is 14.1 Å². The number of ether oxygens (including phenoxy) is 1. The molecule has 0 aromatic rings. The highest BCUT2D eigenvalue weighted by atomic mass is 32.2. The van der Waals surface area contributed by atoms with Gasteiger partial charge in [-0.3, -0.25) is 4.21 Å². The Morgan fingerprint density at radius 2 is 2.05 bits per heavy atom. The summed E-state index contributed by atoms with van der Waals surface area (Å²) < 4.78 is 16.9. The maximum absolute atomic E-state index is 11.2. The molecule has 114 valence electrons. The van der Waals surface area contributed by atoms with Crippen LogP contribution in [0, 0.1) is 0 Å². The van der Waals surface area contributed by atoms with Crippen molar-refractivity contribution in [3.63, 3.8) is 0 Å². The monoisotopic (exact) mass is 291 g/mol. The minimum absolute atomic E-state index is 0.211. The molecular weight excluding hydrogens is 262 g/mol. The highest BCUT2D eigenvalue weighted by molar-refractivity contribution is 7.84. The molecule has 0 aromatic heterocycles. The predicted octanol–water partition coefficient (Wildman–Crippen LogP) is 1.44. The predicted molar refractivity (Wildman–Crippen MR) is 79.8 cm³/mol. The van der Waals surface area contributed by atoms with Gasteiger partial charge in [-0.25, -0.2) is 0 Å². The van der Waals surface area contributed by atoms with Gasteiger partial charge in [0.2, 0.25) is 0 Å². The fraction of sp³-hybridized carbons (Fsp3) is 1.00. The number of nitrogens with one attached hydrogen (secondary N) is 1.